The van der Waals surface area contributed by atoms with Gasteiger partial charge in [0.1, 0.15) is 23.8 Å². The highest BCUT2D eigenvalue weighted by molar-refractivity contribution is 5.89. The first-order chi connectivity index (χ1) is 15.1. The predicted octanol–water partition coefficient (Wildman–Crippen LogP) is 3.51. The first kappa shape index (κ1) is 20.9. The van der Waals surface area contributed by atoms with E-state index in [0.29, 0.717) is 37.0 Å². The molecule has 0 aliphatic carbocycles. The number of esters is 1. The maximum absolute atomic E-state index is 12.0. The van der Waals surface area contributed by atoms with Crippen molar-refractivity contribution in [2.75, 3.05) is 27.4 Å². The number of carbonyl (C=O) groups is 1. The molecule has 8 nitrogen and oxygen atoms in total. The summed E-state index contributed by atoms with van der Waals surface area (Å²) in [6, 6.07) is 15.0. The molecule has 1 fully saturated rings. The van der Waals surface area contributed by atoms with E-state index in [2.05, 4.69) is 5.10 Å². The summed E-state index contributed by atoms with van der Waals surface area (Å²) in [6.07, 6.45) is -0.578. The van der Waals surface area contributed by atoms with E-state index in [9.17, 15) is 4.79 Å². The number of aromatic nitrogens is 2. The maximum atomic E-state index is 12.0. The normalized spacial score (nSPS) is 13.9. The van der Waals surface area contributed by atoms with Crippen molar-refractivity contribution in [2.45, 2.75) is 12.9 Å². The van der Waals surface area contributed by atoms with E-state index in [4.69, 9.17) is 23.7 Å². The Labute approximate surface area is 180 Å². The van der Waals surface area contributed by atoms with Crippen LogP contribution in [0, 0.1) is 0 Å². The van der Waals surface area contributed by atoms with Gasteiger partial charge in [0.05, 0.1) is 38.7 Å². The SMILES string of the molecule is COC(=O)c1cc(-c2cccc(OCc3ccc(OC)cc3)c2C2OCCO2)nn1C. The molecule has 162 valence electrons. The largest absolute Gasteiger partial charge is 0.497 e. The monoisotopic (exact) mass is 424 g/mol. The second-order valence-corrected chi connectivity index (χ2v) is 6.96. The minimum Gasteiger partial charge on any atom is -0.497 e. The summed E-state index contributed by atoms with van der Waals surface area (Å²) in [7, 11) is 4.67. The smallest absolute Gasteiger partial charge is 0.356 e. The summed E-state index contributed by atoms with van der Waals surface area (Å²) in [6.45, 7) is 1.35. The molecule has 31 heavy (non-hydrogen) atoms. The fourth-order valence-corrected chi connectivity index (χ4v) is 3.44. The molecule has 0 amide bonds. The van der Waals surface area contributed by atoms with Crippen LogP contribution in [-0.2, 0) is 27.9 Å². The second-order valence-electron chi connectivity index (χ2n) is 6.96. The third-order valence-electron chi connectivity index (χ3n) is 5.03. The van der Waals surface area contributed by atoms with E-state index in [1.54, 1.807) is 20.2 Å². The van der Waals surface area contributed by atoms with Crippen LogP contribution in [0.5, 0.6) is 11.5 Å². The van der Waals surface area contributed by atoms with Gasteiger partial charge in [-0.3, -0.25) is 4.68 Å². The van der Waals surface area contributed by atoms with Crippen molar-refractivity contribution in [1.82, 2.24) is 9.78 Å². The first-order valence-corrected chi connectivity index (χ1v) is 9.85. The molecule has 4 rings (SSSR count). The van der Waals surface area contributed by atoms with Crippen LogP contribution < -0.4 is 9.47 Å². The molecule has 0 saturated carbocycles. The number of nitrogens with zero attached hydrogens (tertiary/aromatic N) is 2. The minimum absolute atomic E-state index is 0.348. The molecule has 3 aromatic rings. The highest BCUT2D eigenvalue weighted by Crippen LogP contribution is 2.39. The van der Waals surface area contributed by atoms with E-state index < -0.39 is 12.3 Å². The van der Waals surface area contributed by atoms with Gasteiger partial charge in [-0.1, -0.05) is 24.3 Å². The maximum Gasteiger partial charge on any atom is 0.356 e. The molecule has 0 radical (unpaired) electrons. The van der Waals surface area contributed by atoms with Gasteiger partial charge in [0, 0.05) is 12.6 Å². The van der Waals surface area contributed by atoms with Crippen molar-refractivity contribution in [1.29, 1.82) is 0 Å². The predicted molar refractivity (Wildman–Crippen MR) is 112 cm³/mol. The van der Waals surface area contributed by atoms with E-state index in [1.165, 1.54) is 11.8 Å². The van der Waals surface area contributed by atoms with Crippen LogP contribution in [0.4, 0.5) is 0 Å². The number of methoxy groups -OCH3 is 2. The van der Waals surface area contributed by atoms with Gasteiger partial charge in [-0.05, 0) is 29.8 Å². The van der Waals surface area contributed by atoms with Crippen molar-refractivity contribution in [2.24, 2.45) is 7.05 Å². The Bertz CT molecular complexity index is 1050. The first-order valence-electron chi connectivity index (χ1n) is 9.85. The van der Waals surface area contributed by atoms with Crippen molar-refractivity contribution >= 4 is 5.97 Å². The molecule has 0 spiro atoms. The van der Waals surface area contributed by atoms with E-state index in [1.807, 2.05) is 42.5 Å². The number of rotatable bonds is 7. The molecule has 1 aromatic heterocycles. The third-order valence-corrected chi connectivity index (χ3v) is 5.03. The van der Waals surface area contributed by atoms with Crippen LogP contribution in [0.3, 0.4) is 0 Å². The Hall–Kier alpha value is -3.36. The van der Waals surface area contributed by atoms with E-state index in [0.717, 1.165) is 22.4 Å². The zero-order valence-electron chi connectivity index (χ0n) is 17.7. The van der Waals surface area contributed by atoms with Crippen molar-refractivity contribution in [3.8, 4) is 22.8 Å². The molecule has 1 aliphatic rings. The number of ether oxygens (including phenoxy) is 5. The number of hydrogen-bond donors (Lipinski definition) is 0. The van der Waals surface area contributed by atoms with Crippen molar-refractivity contribution in [3.63, 3.8) is 0 Å². The molecule has 1 saturated heterocycles. The lowest BCUT2D eigenvalue weighted by Gasteiger charge is -2.19. The highest BCUT2D eigenvalue weighted by Gasteiger charge is 2.28. The molecular formula is C23H24N2O6. The average molecular weight is 424 g/mol. The van der Waals surface area contributed by atoms with Crippen LogP contribution >= 0.6 is 0 Å². The number of benzene rings is 2. The molecular weight excluding hydrogens is 400 g/mol. The van der Waals surface area contributed by atoms with Crippen LogP contribution in [0.2, 0.25) is 0 Å². The highest BCUT2D eigenvalue weighted by atomic mass is 16.7. The lowest BCUT2D eigenvalue weighted by atomic mass is 10.0. The zero-order valence-corrected chi connectivity index (χ0v) is 17.7. The third kappa shape index (κ3) is 4.40. The Balaban J connectivity index is 1.68. The molecule has 8 heteroatoms. The van der Waals surface area contributed by atoms with Gasteiger partial charge >= 0.3 is 5.97 Å². The summed E-state index contributed by atoms with van der Waals surface area (Å²) < 4.78 is 29.3. The van der Waals surface area contributed by atoms with Crippen LogP contribution in [0.1, 0.15) is 27.9 Å². The lowest BCUT2D eigenvalue weighted by Crippen LogP contribution is -2.08. The Morgan fingerprint density at radius 1 is 1.13 bits per heavy atom. The second kappa shape index (κ2) is 9.20. The van der Waals surface area contributed by atoms with Crippen molar-refractivity contribution < 1.29 is 28.5 Å². The minimum atomic E-state index is -0.578. The summed E-state index contributed by atoms with van der Waals surface area (Å²) in [5.41, 5.74) is 3.46. The van der Waals surface area contributed by atoms with Gasteiger partial charge in [-0.25, -0.2) is 4.79 Å². The van der Waals surface area contributed by atoms with Gasteiger partial charge in [-0.15, -0.1) is 0 Å². The van der Waals surface area contributed by atoms with Gasteiger partial charge < -0.3 is 23.7 Å². The van der Waals surface area contributed by atoms with Gasteiger partial charge in [-0.2, -0.15) is 5.10 Å². The summed E-state index contributed by atoms with van der Waals surface area (Å²) in [5.74, 6) is 0.962. The fraction of sp³-hybridized carbons (Fsp3) is 0.304. The quantitative estimate of drug-likeness (QED) is 0.537. The Morgan fingerprint density at radius 3 is 2.55 bits per heavy atom. The fourth-order valence-electron chi connectivity index (χ4n) is 3.44. The summed E-state index contributed by atoms with van der Waals surface area (Å²) in [5, 5.41) is 4.50. The number of carbonyl (C=O) groups excluding carboxylic acids is 1. The molecule has 0 bridgehead atoms. The van der Waals surface area contributed by atoms with Crippen LogP contribution in [-0.4, -0.2) is 43.2 Å². The molecule has 0 atom stereocenters. The molecule has 0 unspecified atom stereocenters. The van der Waals surface area contributed by atoms with Crippen LogP contribution in [0.15, 0.2) is 48.5 Å². The Kier molecular flexibility index (Phi) is 6.20. The number of hydrogen-bond acceptors (Lipinski definition) is 7. The van der Waals surface area contributed by atoms with E-state index >= 15 is 0 Å². The van der Waals surface area contributed by atoms with E-state index in [-0.39, 0.29) is 0 Å². The molecule has 2 aromatic carbocycles. The van der Waals surface area contributed by atoms with Gasteiger partial charge in [0.25, 0.3) is 0 Å². The van der Waals surface area contributed by atoms with Gasteiger partial charge in [0.2, 0.25) is 0 Å². The zero-order chi connectivity index (χ0) is 21.8. The van der Waals surface area contributed by atoms with Gasteiger partial charge in [0.15, 0.2) is 6.29 Å². The molecule has 1 aliphatic heterocycles. The summed E-state index contributed by atoms with van der Waals surface area (Å²) >= 11 is 0. The Morgan fingerprint density at radius 2 is 1.87 bits per heavy atom. The topological polar surface area (TPSA) is 81.0 Å². The van der Waals surface area contributed by atoms with Crippen LogP contribution in [0.25, 0.3) is 11.3 Å². The molecule has 2 heterocycles. The molecule has 0 N–H and O–H groups in total. The summed E-state index contributed by atoms with van der Waals surface area (Å²) in [4.78, 5) is 12.0. The lowest BCUT2D eigenvalue weighted by molar-refractivity contribution is -0.0454. The van der Waals surface area contributed by atoms with Crippen molar-refractivity contribution in [3.05, 3.63) is 65.4 Å². The standard InChI is InChI=1S/C23H24N2O6/c1-25-19(22(26)28-3)13-18(24-25)17-5-4-6-20(21(17)23-29-11-12-30-23)31-14-15-7-9-16(27-2)10-8-15/h4-10,13,23H,11-12,14H2,1-3H3. The number of aryl methyl sites for hydroxylation is 1. The average Bonchev–Trinajstić information content (AvgIpc) is 3.47.